The second-order valence-electron chi connectivity index (χ2n) is 8.08. The van der Waals surface area contributed by atoms with Crippen LogP contribution < -0.4 is 5.32 Å². The van der Waals surface area contributed by atoms with E-state index >= 15 is 0 Å². The molecule has 1 atom stereocenters. The largest absolute Gasteiger partial charge is 0.376 e. The van der Waals surface area contributed by atoms with Crippen LogP contribution in [0.25, 0.3) is 0 Å². The number of nitrogens with zero attached hydrogens (tertiary/aromatic N) is 1. The van der Waals surface area contributed by atoms with Gasteiger partial charge in [0.15, 0.2) is 0 Å². The number of morpholine rings is 1. The third kappa shape index (κ3) is 4.74. The number of hydrogen-bond donors (Lipinski definition) is 1. The van der Waals surface area contributed by atoms with Gasteiger partial charge < -0.3 is 19.7 Å². The Morgan fingerprint density at radius 2 is 2.10 bits per heavy atom. The Kier molecular flexibility index (Phi) is 6.51. The molecule has 2 aromatic rings. The summed E-state index contributed by atoms with van der Waals surface area (Å²) in [5.41, 5.74) is 3.76. The summed E-state index contributed by atoms with van der Waals surface area (Å²) in [7, 11) is 0. The highest BCUT2D eigenvalue weighted by Crippen LogP contribution is 2.27. The van der Waals surface area contributed by atoms with E-state index in [4.69, 9.17) is 9.47 Å². The van der Waals surface area contributed by atoms with E-state index in [1.54, 1.807) is 11.0 Å². The van der Waals surface area contributed by atoms with Crippen molar-refractivity contribution >= 4 is 28.2 Å². The minimum Gasteiger partial charge on any atom is -0.376 e. The summed E-state index contributed by atoms with van der Waals surface area (Å²) < 4.78 is 11.4. The van der Waals surface area contributed by atoms with Crippen LogP contribution >= 0.6 is 11.3 Å². The van der Waals surface area contributed by atoms with E-state index in [0.717, 1.165) is 19.3 Å². The van der Waals surface area contributed by atoms with Crippen molar-refractivity contribution in [2.45, 2.75) is 45.3 Å². The molecule has 2 heterocycles. The summed E-state index contributed by atoms with van der Waals surface area (Å²) in [4.78, 5) is 27.7. The van der Waals surface area contributed by atoms with E-state index in [2.05, 4.69) is 5.32 Å². The summed E-state index contributed by atoms with van der Waals surface area (Å²) in [6.45, 7) is 5.93. The maximum Gasteiger partial charge on any atom is 0.257 e. The quantitative estimate of drug-likeness (QED) is 0.761. The Morgan fingerprint density at radius 1 is 1.27 bits per heavy atom. The maximum atomic E-state index is 13.1. The first-order valence-electron chi connectivity index (χ1n) is 10.5. The van der Waals surface area contributed by atoms with E-state index in [1.165, 1.54) is 22.5 Å². The van der Waals surface area contributed by atoms with Gasteiger partial charge in [0.25, 0.3) is 11.8 Å². The van der Waals surface area contributed by atoms with Crippen LogP contribution in [-0.2, 0) is 22.3 Å². The molecule has 7 heteroatoms. The lowest BCUT2D eigenvalue weighted by Crippen LogP contribution is -2.47. The van der Waals surface area contributed by atoms with E-state index in [1.807, 2.05) is 37.4 Å². The molecule has 1 aliphatic carbocycles. The van der Waals surface area contributed by atoms with Crippen LogP contribution in [0.15, 0.2) is 29.6 Å². The van der Waals surface area contributed by atoms with E-state index in [-0.39, 0.29) is 24.0 Å². The lowest BCUT2D eigenvalue weighted by Gasteiger charge is -2.33. The van der Waals surface area contributed by atoms with Crippen LogP contribution in [0.5, 0.6) is 0 Å². The minimum atomic E-state index is -0.175. The molecule has 0 radical (unpaired) electrons. The third-order valence-corrected chi connectivity index (χ3v) is 6.35. The van der Waals surface area contributed by atoms with Crippen molar-refractivity contribution in [1.82, 2.24) is 4.90 Å². The topological polar surface area (TPSA) is 67.9 Å². The van der Waals surface area contributed by atoms with Gasteiger partial charge in [0.05, 0.1) is 31.0 Å². The van der Waals surface area contributed by atoms with E-state index < -0.39 is 0 Å². The number of ether oxygens (including phenoxy) is 2. The minimum absolute atomic E-state index is 0.0849. The van der Waals surface area contributed by atoms with Gasteiger partial charge in [0, 0.05) is 18.7 Å². The fourth-order valence-corrected chi connectivity index (χ4v) is 4.71. The molecule has 6 nitrogen and oxygen atoms in total. The molecule has 0 saturated carbocycles. The molecule has 2 aliphatic rings. The molecule has 1 unspecified atom stereocenters. The lowest BCUT2D eigenvalue weighted by molar-refractivity contribution is -0.0725. The summed E-state index contributed by atoms with van der Waals surface area (Å²) in [5.74, 6) is -0.260. The van der Waals surface area contributed by atoms with Crippen molar-refractivity contribution in [1.29, 1.82) is 0 Å². The van der Waals surface area contributed by atoms with Crippen LogP contribution in [0.2, 0.25) is 0 Å². The second kappa shape index (κ2) is 9.29. The maximum absolute atomic E-state index is 13.1. The van der Waals surface area contributed by atoms with Crippen molar-refractivity contribution in [3.8, 4) is 0 Å². The molecule has 1 saturated heterocycles. The number of rotatable bonds is 6. The van der Waals surface area contributed by atoms with Gasteiger partial charge in [-0.1, -0.05) is 6.07 Å². The number of anilines is 1. The first-order chi connectivity index (χ1) is 14.5. The Bertz CT molecular complexity index is 924. The summed E-state index contributed by atoms with van der Waals surface area (Å²) in [6, 6.07) is 7.68. The monoisotopic (exact) mass is 428 g/mol. The first-order valence-corrected chi connectivity index (χ1v) is 11.4. The number of carbonyl (C=O) groups is 2. The average molecular weight is 429 g/mol. The summed E-state index contributed by atoms with van der Waals surface area (Å²) >= 11 is 1.37. The molecule has 2 amide bonds. The fourth-order valence-electron chi connectivity index (χ4n) is 3.94. The lowest BCUT2D eigenvalue weighted by atomic mass is 10.1. The average Bonchev–Trinajstić information content (AvgIpc) is 3.40. The van der Waals surface area contributed by atoms with Gasteiger partial charge >= 0.3 is 0 Å². The zero-order valence-electron chi connectivity index (χ0n) is 17.5. The van der Waals surface area contributed by atoms with Gasteiger partial charge in [0.1, 0.15) is 5.00 Å². The predicted molar refractivity (Wildman–Crippen MR) is 117 cm³/mol. The number of aryl methyl sites for hydroxylation is 2. The number of amides is 2. The Morgan fingerprint density at radius 3 is 2.93 bits per heavy atom. The van der Waals surface area contributed by atoms with Gasteiger partial charge in [-0.15, -0.1) is 11.3 Å². The van der Waals surface area contributed by atoms with Gasteiger partial charge in [-0.2, -0.15) is 0 Å². The van der Waals surface area contributed by atoms with Crippen molar-refractivity contribution in [2.24, 2.45) is 0 Å². The smallest absolute Gasteiger partial charge is 0.257 e. The van der Waals surface area contributed by atoms with Crippen LogP contribution in [-0.4, -0.2) is 55.2 Å². The van der Waals surface area contributed by atoms with E-state index in [0.29, 0.717) is 42.4 Å². The summed E-state index contributed by atoms with van der Waals surface area (Å²) in [6.07, 6.45) is 3.25. The van der Waals surface area contributed by atoms with Crippen LogP contribution in [0.4, 0.5) is 5.00 Å². The molecule has 1 aromatic heterocycles. The second-order valence-corrected chi connectivity index (χ2v) is 9.00. The Balaban J connectivity index is 1.42. The predicted octanol–water partition coefficient (Wildman–Crippen LogP) is 3.76. The van der Waals surface area contributed by atoms with Gasteiger partial charge in [-0.05, 0) is 67.8 Å². The van der Waals surface area contributed by atoms with Crippen LogP contribution in [0, 0.1) is 0 Å². The molecule has 1 aromatic carbocycles. The number of thiophene rings is 1. The fraction of sp³-hybridized carbons (Fsp3) is 0.478. The number of nitrogens with one attached hydrogen (secondary N) is 1. The van der Waals surface area contributed by atoms with Crippen molar-refractivity contribution in [2.75, 3.05) is 31.6 Å². The van der Waals surface area contributed by atoms with Crippen molar-refractivity contribution in [3.05, 3.63) is 51.9 Å². The normalized spacial score (nSPS) is 18.5. The number of hydrogen-bond acceptors (Lipinski definition) is 5. The molecule has 1 aliphatic heterocycles. The van der Waals surface area contributed by atoms with Gasteiger partial charge in [-0.3, -0.25) is 9.59 Å². The standard InChI is InChI=1S/C23H28N2O4S/c1-15(2)29-14-19-13-25(9-10-28-19)23(27)20-8-11-30-22(20)24-21(26)18-7-6-16-4-3-5-17(16)12-18/h6-8,11-12,15,19H,3-5,9-10,13-14H2,1-2H3,(H,24,26). The molecule has 0 spiro atoms. The molecule has 1 N–H and O–H groups in total. The molecule has 1 fully saturated rings. The van der Waals surface area contributed by atoms with Gasteiger partial charge in [0.2, 0.25) is 0 Å². The zero-order valence-corrected chi connectivity index (χ0v) is 18.3. The molecular weight excluding hydrogens is 400 g/mol. The highest BCUT2D eigenvalue weighted by molar-refractivity contribution is 7.14. The Hall–Kier alpha value is -2.22. The third-order valence-electron chi connectivity index (χ3n) is 5.52. The van der Waals surface area contributed by atoms with Crippen LogP contribution in [0.1, 0.15) is 52.1 Å². The van der Waals surface area contributed by atoms with Crippen molar-refractivity contribution < 1.29 is 19.1 Å². The molecule has 4 rings (SSSR count). The molecular formula is C23H28N2O4S. The van der Waals surface area contributed by atoms with Gasteiger partial charge in [-0.25, -0.2) is 0 Å². The number of fused-ring (bicyclic) bond motifs is 1. The van der Waals surface area contributed by atoms with Crippen LogP contribution in [0.3, 0.4) is 0 Å². The SMILES string of the molecule is CC(C)OCC1CN(C(=O)c2ccsc2NC(=O)c2ccc3c(c2)CCC3)CCO1. The van der Waals surface area contributed by atoms with E-state index in [9.17, 15) is 9.59 Å². The van der Waals surface area contributed by atoms with Crippen molar-refractivity contribution in [3.63, 3.8) is 0 Å². The highest BCUT2D eigenvalue weighted by Gasteiger charge is 2.28. The zero-order chi connectivity index (χ0) is 21.1. The highest BCUT2D eigenvalue weighted by atomic mass is 32.1. The first kappa shape index (κ1) is 21.0. The Labute approximate surface area is 181 Å². The molecule has 160 valence electrons. The molecule has 30 heavy (non-hydrogen) atoms. The number of carbonyl (C=O) groups excluding carboxylic acids is 2. The molecule has 0 bridgehead atoms. The summed E-state index contributed by atoms with van der Waals surface area (Å²) in [5, 5.41) is 5.37. The number of benzene rings is 1.